The molecule has 0 unspecified atom stereocenters. The van der Waals surface area contributed by atoms with Gasteiger partial charge in [0.1, 0.15) is 5.60 Å². The van der Waals surface area contributed by atoms with E-state index in [1.54, 1.807) is 41.4 Å². The molecule has 0 saturated carbocycles. The summed E-state index contributed by atoms with van der Waals surface area (Å²) < 4.78 is 33.5. The highest BCUT2D eigenvalue weighted by atomic mass is 32.2. The molecule has 1 saturated heterocycles. The van der Waals surface area contributed by atoms with Crippen molar-refractivity contribution in [3.8, 4) is 0 Å². The van der Waals surface area contributed by atoms with E-state index in [2.05, 4.69) is 23.1 Å². The van der Waals surface area contributed by atoms with Crippen LogP contribution < -0.4 is 4.90 Å². The topological polar surface area (TPSA) is 71.8 Å². The van der Waals surface area contributed by atoms with Crippen LogP contribution >= 0.6 is 0 Å². The van der Waals surface area contributed by atoms with Crippen LogP contribution in [0.5, 0.6) is 0 Å². The van der Waals surface area contributed by atoms with E-state index < -0.39 is 15.6 Å². The highest BCUT2D eigenvalue weighted by Gasteiger charge is 2.30. The number of carbonyl (C=O) groups excluding carboxylic acids is 1. The minimum Gasteiger partial charge on any atom is -0.444 e. The van der Waals surface area contributed by atoms with Gasteiger partial charge in [0, 0.05) is 42.9 Å². The lowest BCUT2D eigenvalue weighted by Gasteiger charge is -2.40. The van der Waals surface area contributed by atoms with E-state index in [0.29, 0.717) is 25.2 Å². The van der Waals surface area contributed by atoms with Crippen LogP contribution in [-0.4, -0.2) is 48.1 Å². The zero-order valence-electron chi connectivity index (χ0n) is 22.7. The van der Waals surface area contributed by atoms with Gasteiger partial charge in [-0.15, -0.1) is 0 Å². The smallest absolute Gasteiger partial charge is 0.410 e. The van der Waals surface area contributed by atoms with E-state index in [-0.39, 0.29) is 17.0 Å². The molecule has 0 spiro atoms. The number of hydrogen-bond acceptors (Lipinski definition) is 5. The number of benzene rings is 3. The molecule has 1 aliphatic heterocycles. The Labute approximate surface area is 230 Å². The quantitative estimate of drug-likeness (QED) is 0.285. The molecular formula is C31H35N3O4S. The highest BCUT2D eigenvalue weighted by Crippen LogP contribution is 2.31. The Bertz CT molecular complexity index is 1540. The summed E-state index contributed by atoms with van der Waals surface area (Å²) in [5.74, 6) is 0. The Morgan fingerprint density at radius 1 is 0.923 bits per heavy atom. The van der Waals surface area contributed by atoms with Gasteiger partial charge in [-0.2, -0.15) is 0 Å². The Kier molecular flexibility index (Phi) is 7.40. The van der Waals surface area contributed by atoms with Gasteiger partial charge in [-0.05, 0) is 75.6 Å². The lowest BCUT2D eigenvalue weighted by molar-refractivity contribution is 0.0204. The van der Waals surface area contributed by atoms with Crippen molar-refractivity contribution < 1.29 is 17.9 Å². The normalized spacial score (nSPS) is 14.9. The third-order valence-electron chi connectivity index (χ3n) is 7.02. The minimum atomic E-state index is -3.70. The maximum atomic E-state index is 13.3. The number of anilines is 1. The molecule has 0 radical (unpaired) electrons. The Hall–Kier alpha value is -3.78. The van der Waals surface area contributed by atoms with Gasteiger partial charge in [0.05, 0.1) is 10.4 Å². The predicted molar refractivity (Wildman–Crippen MR) is 154 cm³/mol. The number of aromatic nitrogens is 1. The first kappa shape index (κ1) is 26.8. The number of fused-ring (bicyclic) bond motifs is 1. The maximum absolute atomic E-state index is 13.3. The first-order chi connectivity index (χ1) is 18.6. The maximum Gasteiger partial charge on any atom is 0.410 e. The fraction of sp³-hybridized carbons (Fsp3) is 0.323. The monoisotopic (exact) mass is 545 g/mol. The second kappa shape index (κ2) is 10.8. The molecule has 39 heavy (non-hydrogen) atoms. The number of carbonyl (C=O) groups is 1. The lowest BCUT2D eigenvalue weighted by Crippen LogP contribution is -2.48. The number of hydrogen-bond donors (Lipinski definition) is 0. The van der Waals surface area contributed by atoms with Crippen molar-refractivity contribution in [1.82, 2.24) is 8.87 Å². The molecular weight excluding hydrogens is 510 g/mol. The number of rotatable bonds is 6. The van der Waals surface area contributed by atoms with Crippen molar-refractivity contribution in [3.63, 3.8) is 0 Å². The van der Waals surface area contributed by atoms with Gasteiger partial charge < -0.3 is 14.5 Å². The average molecular weight is 546 g/mol. The molecule has 3 aromatic carbocycles. The molecule has 1 aromatic heterocycles. The molecule has 1 fully saturated rings. The molecule has 0 aliphatic carbocycles. The van der Waals surface area contributed by atoms with Gasteiger partial charge in [-0.3, -0.25) is 0 Å². The Balaban J connectivity index is 1.42. The zero-order chi connectivity index (χ0) is 27.6. The van der Waals surface area contributed by atoms with Gasteiger partial charge >= 0.3 is 6.09 Å². The van der Waals surface area contributed by atoms with Crippen LogP contribution in [0.3, 0.4) is 0 Å². The number of piperidine rings is 1. The van der Waals surface area contributed by atoms with E-state index in [0.717, 1.165) is 23.9 Å². The SMILES string of the molecule is CC(C)(C)OC(=O)N1CCC(N(Cc2ccccc2)c2ccc3c(ccn3S(=O)(=O)c3ccccc3)c2)CC1. The lowest BCUT2D eigenvalue weighted by atomic mass is 10.0. The Morgan fingerprint density at radius 3 is 2.21 bits per heavy atom. The van der Waals surface area contributed by atoms with E-state index in [4.69, 9.17) is 4.74 Å². The predicted octanol–water partition coefficient (Wildman–Crippen LogP) is 6.28. The fourth-order valence-corrected chi connectivity index (χ4v) is 6.47. The van der Waals surface area contributed by atoms with Crippen LogP contribution in [0.15, 0.2) is 96.0 Å². The van der Waals surface area contributed by atoms with Crippen LogP contribution in [0, 0.1) is 0 Å². The zero-order valence-corrected chi connectivity index (χ0v) is 23.5. The van der Waals surface area contributed by atoms with Gasteiger partial charge in [-0.1, -0.05) is 48.5 Å². The number of ether oxygens (including phenoxy) is 1. The summed E-state index contributed by atoms with van der Waals surface area (Å²) in [6.07, 6.45) is 2.98. The van der Waals surface area contributed by atoms with Gasteiger partial charge in [-0.25, -0.2) is 17.2 Å². The summed E-state index contributed by atoms with van der Waals surface area (Å²) in [6, 6.07) is 26.8. The molecule has 0 N–H and O–H groups in total. The van der Waals surface area contributed by atoms with Crippen molar-refractivity contribution in [1.29, 1.82) is 0 Å². The summed E-state index contributed by atoms with van der Waals surface area (Å²) in [6.45, 7) is 7.61. The first-order valence-electron chi connectivity index (χ1n) is 13.3. The largest absolute Gasteiger partial charge is 0.444 e. The molecule has 0 atom stereocenters. The van der Waals surface area contributed by atoms with E-state index in [1.165, 1.54) is 9.54 Å². The van der Waals surface area contributed by atoms with Gasteiger partial charge in [0.2, 0.25) is 0 Å². The molecule has 204 valence electrons. The summed E-state index contributed by atoms with van der Waals surface area (Å²) in [5, 5.41) is 0.858. The average Bonchev–Trinajstić information content (AvgIpc) is 3.36. The van der Waals surface area contributed by atoms with Crippen molar-refractivity contribution in [2.75, 3.05) is 18.0 Å². The van der Waals surface area contributed by atoms with Crippen LogP contribution in [0.4, 0.5) is 10.5 Å². The van der Waals surface area contributed by atoms with E-state index in [1.807, 2.05) is 57.2 Å². The number of nitrogens with zero attached hydrogens (tertiary/aromatic N) is 3. The molecule has 0 bridgehead atoms. The van der Waals surface area contributed by atoms with Crippen molar-refractivity contribution in [2.24, 2.45) is 0 Å². The second-order valence-corrected chi connectivity index (χ2v) is 12.8. The molecule has 1 aliphatic rings. The number of amides is 1. The molecule has 7 nitrogen and oxygen atoms in total. The second-order valence-electron chi connectivity index (χ2n) is 11.0. The third-order valence-corrected chi connectivity index (χ3v) is 8.73. The van der Waals surface area contributed by atoms with Crippen LogP contribution in [0.25, 0.3) is 10.9 Å². The molecule has 1 amide bonds. The summed E-state index contributed by atoms with van der Waals surface area (Å²) >= 11 is 0. The van der Waals surface area contributed by atoms with Gasteiger partial charge in [0.15, 0.2) is 0 Å². The fourth-order valence-electron chi connectivity index (χ4n) is 5.10. The summed E-state index contributed by atoms with van der Waals surface area (Å²) in [7, 11) is -3.70. The van der Waals surface area contributed by atoms with Crippen LogP contribution in [0.2, 0.25) is 0 Å². The Morgan fingerprint density at radius 2 is 1.56 bits per heavy atom. The standard InChI is InChI=1S/C31H35N3O4S/c1-31(2,3)38-30(35)32-19-17-26(18-20-32)33(23-24-10-6-4-7-11-24)27-14-15-29-25(22-27)16-21-34(29)39(36,37)28-12-8-5-9-13-28/h4-16,21-22,26H,17-20,23H2,1-3H3. The van der Waals surface area contributed by atoms with Crippen molar-refractivity contribution in [3.05, 3.63) is 96.7 Å². The van der Waals surface area contributed by atoms with Crippen molar-refractivity contribution in [2.45, 2.75) is 56.7 Å². The van der Waals surface area contributed by atoms with E-state index >= 15 is 0 Å². The molecule has 5 rings (SSSR count). The summed E-state index contributed by atoms with van der Waals surface area (Å²) in [4.78, 5) is 17.1. The molecule has 8 heteroatoms. The van der Waals surface area contributed by atoms with Gasteiger partial charge in [0.25, 0.3) is 10.0 Å². The number of likely N-dealkylation sites (tertiary alicyclic amines) is 1. The van der Waals surface area contributed by atoms with E-state index in [9.17, 15) is 13.2 Å². The molecule has 4 aromatic rings. The third kappa shape index (κ3) is 5.96. The minimum absolute atomic E-state index is 0.219. The van der Waals surface area contributed by atoms with Crippen molar-refractivity contribution >= 4 is 32.7 Å². The molecule has 2 heterocycles. The first-order valence-corrected chi connectivity index (χ1v) is 14.8. The van der Waals surface area contributed by atoms with Crippen LogP contribution in [-0.2, 0) is 21.3 Å². The highest BCUT2D eigenvalue weighted by molar-refractivity contribution is 7.90. The summed E-state index contributed by atoms with van der Waals surface area (Å²) in [5.41, 5.74) is 2.34. The van der Waals surface area contributed by atoms with Crippen LogP contribution in [0.1, 0.15) is 39.2 Å².